The minimum absolute atomic E-state index is 0.0556. The van der Waals surface area contributed by atoms with Crippen LogP contribution in [-0.2, 0) is 6.42 Å². The summed E-state index contributed by atoms with van der Waals surface area (Å²) >= 11 is 0. The van der Waals surface area contributed by atoms with Crippen LogP contribution in [-0.4, -0.2) is 67.6 Å². The van der Waals surface area contributed by atoms with E-state index in [1.165, 1.54) is 44.1 Å². The minimum Gasteiger partial charge on any atom is -0.346 e. The van der Waals surface area contributed by atoms with Gasteiger partial charge in [0.2, 0.25) is 0 Å². The fourth-order valence-electron chi connectivity index (χ4n) is 5.50. The minimum atomic E-state index is 0.0556. The van der Waals surface area contributed by atoms with Crippen molar-refractivity contribution in [3.8, 4) is 0 Å². The molecule has 4 heteroatoms. The van der Waals surface area contributed by atoms with Crippen molar-refractivity contribution >= 4 is 5.91 Å². The first-order chi connectivity index (χ1) is 17.7. The van der Waals surface area contributed by atoms with Gasteiger partial charge < -0.3 is 9.80 Å². The third-order valence-corrected chi connectivity index (χ3v) is 8.67. The van der Waals surface area contributed by atoms with Gasteiger partial charge in [0.05, 0.1) is 32.7 Å². The zero-order valence-electron chi connectivity index (χ0n) is 26.0. The molecule has 214 valence electrons. The Morgan fingerprint density at radius 3 is 1.92 bits per heavy atom. The Hall–Kier alpha value is -1.39. The van der Waals surface area contributed by atoms with E-state index in [1.807, 2.05) is 12.1 Å². The van der Waals surface area contributed by atoms with Crippen molar-refractivity contribution < 1.29 is 9.28 Å². The fraction of sp³-hybridized carbons (Fsp3) is 0.788. The van der Waals surface area contributed by atoms with Crippen LogP contribution >= 0.6 is 0 Å². The predicted molar refractivity (Wildman–Crippen MR) is 162 cm³/mol. The van der Waals surface area contributed by atoms with Crippen LogP contribution in [0.1, 0.15) is 110 Å². The maximum absolute atomic E-state index is 12.8. The van der Waals surface area contributed by atoms with E-state index >= 15 is 0 Å². The van der Waals surface area contributed by atoms with Crippen molar-refractivity contribution in [3.05, 3.63) is 35.4 Å². The standard InChI is InChI=1S/C33H61N3O/c1-9-35(10-2)24-26-36(11-3,12-4)25-23-34-33(37)32-21-19-31(20-22-32)27-30(8)18-14-17-29(7)16-13-15-28(5)6/h19-22,28-30H,9-18,23-27H2,1-8H3/p+1. The smallest absolute Gasteiger partial charge is 0.251 e. The molecule has 1 N–H and O–H groups in total. The van der Waals surface area contributed by atoms with E-state index in [0.29, 0.717) is 5.92 Å². The molecule has 0 bridgehead atoms. The normalized spacial score (nSPS) is 13.8. The van der Waals surface area contributed by atoms with Gasteiger partial charge in [-0.25, -0.2) is 0 Å². The zero-order valence-corrected chi connectivity index (χ0v) is 26.0. The number of nitrogens with zero attached hydrogens (tertiary/aromatic N) is 2. The molecule has 37 heavy (non-hydrogen) atoms. The Morgan fingerprint density at radius 1 is 0.811 bits per heavy atom. The summed E-state index contributed by atoms with van der Waals surface area (Å²) in [5, 5.41) is 3.19. The molecule has 2 unspecified atom stereocenters. The number of amides is 1. The molecule has 1 aromatic rings. The first-order valence-electron chi connectivity index (χ1n) is 15.6. The summed E-state index contributed by atoms with van der Waals surface area (Å²) in [5.41, 5.74) is 2.12. The van der Waals surface area contributed by atoms with Crippen LogP contribution in [0.3, 0.4) is 0 Å². The molecular formula is C33H62N3O+. The van der Waals surface area contributed by atoms with Crippen LogP contribution in [0, 0.1) is 17.8 Å². The van der Waals surface area contributed by atoms with E-state index in [4.69, 9.17) is 0 Å². The molecule has 1 rings (SSSR count). The Balaban J connectivity index is 2.42. The third kappa shape index (κ3) is 13.8. The average Bonchev–Trinajstić information content (AvgIpc) is 2.88. The van der Waals surface area contributed by atoms with Crippen molar-refractivity contribution in [1.29, 1.82) is 0 Å². The van der Waals surface area contributed by atoms with Crippen molar-refractivity contribution in [3.63, 3.8) is 0 Å². The maximum Gasteiger partial charge on any atom is 0.251 e. The van der Waals surface area contributed by atoms with E-state index < -0.39 is 0 Å². The highest BCUT2D eigenvalue weighted by Gasteiger charge is 2.23. The lowest BCUT2D eigenvalue weighted by Crippen LogP contribution is -2.54. The second-order valence-corrected chi connectivity index (χ2v) is 12.1. The molecule has 1 aromatic carbocycles. The SMILES string of the molecule is CCN(CC)CC[N+](CC)(CC)CCNC(=O)c1ccc(CC(C)CCCC(C)CCCC(C)C)cc1. The van der Waals surface area contributed by atoms with Gasteiger partial charge in [-0.3, -0.25) is 9.69 Å². The lowest BCUT2D eigenvalue weighted by atomic mass is 9.91. The number of hydrogen-bond acceptors (Lipinski definition) is 2. The molecule has 0 saturated heterocycles. The molecule has 0 aliphatic carbocycles. The van der Waals surface area contributed by atoms with E-state index in [2.05, 4.69) is 77.7 Å². The molecule has 0 radical (unpaired) electrons. The summed E-state index contributed by atoms with van der Waals surface area (Å²) < 4.78 is 1.06. The van der Waals surface area contributed by atoms with Crippen molar-refractivity contribution in [2.24, 2.45) is 17.8 Å². The molecule has 0 spiro atoms. The number of hydrogen-bond donors (Lipinski definition) is 1. The zero-order chi connectivity index (χ0) is 27.7. The van der Waals surface area contributed by atoms with Crippen LogP contribution in [0.5, 0.6) is 0 Å². The molecule has 1 amide bonds. The molecule has 0 fully saturated rings. The van der Waals surface area contributed by atoms with Gasteiger partial charge in [0, 0.05) is 12.1 Å². The summed E-state index contributed by atoms with van der Waals surface area (Å²) in [5.74, 6) is 2.43. The van der Waals surface area contributed by atoms with Crippen molar-refractivity contribution in [2.75, 3.05) is 52.4 Å². The molecule has 0 heterocycles. The summed E-state index contributed by atoms with van der Waals surface area (Å²) in [6, 6.07) is 8.33. The van der Waals surface area contributed by atoms with Gasteiger partial charge in [-0.05, 0) is 68.8 Å². The molecule has 0 saturated carbocycles. The Kier molecular flexibility index (Phi) is 17.1. The van der Waals surface area contributed by atoms with Crippen LogP contribution in [0.15, 0.2) is 24.3 Å². The lowest BCUT2D eigenvalue weighted by Gasteiger charge is -2.38. The van der Waals surface area contributed by atoms with Crippen LogP contribution < -0.4 is 5.32 Å². The first kappa shape index (κ1) is 33.6. The Bertz CT molecular complexity index is 707. The monoisotopic (exact) mass is 516 g/mol. The Morgan fingerprint density at radius 2 is 1.38 bits per heavy atom. The second kappa shape index (κ2) is 18.8. The third-order valence-electron chi connectivity index (χ3n) is 8.67. The number of carbonyl (C=O) groups excluding carboxylic acids is 1. The van der Waals surface area contributed by atoms with E-state index in [-0.39, 0.29) is 5.91 Å². The molecule has 0 aromatic heterocycles. The average molecular weight is 517 g/mol. The number of rotatable bonds is 21. The van der Waals surface area contributed by atoms with Crippen LogP contribution in [0.4, 0.5) is 0 Å². The Labute approximate surface area is 231 Å². The highest BCUT2D eigenvalue weighted by Crippen LogP contribution is 2.21. The van der Waals surface area contributed by atoms with E-state index in [1.54, 1.807) is 0 Å². The number of benzene rings is 1. The molecule has 0 aliphatic rings. The summed E-state index contributed by atoms with van der Waals surface area (Å²) in [6.07, 6.45) is 9.19. The summed E-state index contributed by atoms with van der Waals surface area (Å²) in [6.45, 7) is 26.9. The largest absolute Gasteiger partial charge is 0.346 e. The van der Waals surface area contributed by atoms with Gasteiger partial charge in [-0.2, -0.15) is 0 Å². The van der Waals surface area contributed by atoms with Gasteiger partial charge in [-0.15, -0.1) is 0 Å². The molecule has 0 aliphatic heterocycles. The molecular weight excluding hydrogens is 454 g/mol. The number of quaternary nitrogens is 1. The van der Waals surface area contributed by atoms with Crippen molar-refractivity contribution in [2.45, 2.75) is 100 Å². The summed E-state index contributed by atoms with van der Waals surface area (Å²) in [7, 11) is 0. The van der Waals surface area contributed by atoms with Gasteiger partial charge in [0.1, 0.15) is 0 Å². The van der Waals surface area contributed by atoms with Crippen molar-refractivity contribution in [1.82, 2.24) is 10.2 Å². The van der Waals surface area contributed by atoms with Crippen LogP contribution in [0.2, 0.25) is 0 Å². The van der Waals surface area contributed by atoms with E-state index in [0.717, 1.165) is 80.7 Å². The fourth-order valence-corrected chi connectivity index (χ4v) is 5.50. The number of likely N-dealkylation sites (N-methyl/N-ethyl adjacent to an activating group) is 2. The van der Waals surface area contributed by atoms with Gasteiger partial charge in [0.25, 0.3) is 5.91 Å². The summed E-state index contributed by atoms with van der Waals surface area (Å²) in [4.78, 5) is 15.3. The second-order valence-electron chi connectivity index (χ2n) is 12.1. The highest BCUT2D eigenvalue weighted by molar-refractivity contribution is 5.94. The van der Waals surface area contributed by atoms with E-state index in [9.17, 15) is 4.79 Å². The topological polar surface area (TPSA) is 32.3 Å². The van der Waals surface area contributed by atoms with Gasteiger partial charge >= 0.3 is 0 Å². The van der Waals surface area contributed by atoms with Gasteiger partial charge in [-0.1, -0.05) is 92.2 Å². The maximum atomic E-state index is 12.8. The molecule has 4 nitrogen and oxygen atoms in total. The number of carbonyl (C=O) groups is 1. The van der Waals surface area contributed by atoms with Gasteiger partial charge in [0.15, 0.2) is 0 Å². The van der Waals surface area contributed by atoms with Crippen LogP contribution in [0.25, 0.3) is 0 Å². The number of nitrogens with one attached hydrogen (secondary N) is 1. The highest BCUT2D eigenvalue weighted by atomic mass is 16.1. The molecule has 2 atom stereocenters. The predicted octanol–water partition coefficient (Wildman–Crippen LogP) is 7.43. The lowest BCUT2D eigenvalue weighted by molar-refractivity contribution is -0.923. The quantitative estimate of drug-likeness (QED) is 0.172. The first-order valence-corrected chi connectivity index (χ1v) is 15.6.